The van der Waals surface area contributed by atoms with Crippen LogP contribution >= 0.6 is 0 Å². The molecule has 5 aromatic carbocycles. The monoisotopic (exact) mass is 806 g/mol. The van der Waals surface area contributed by atoms with Gasteiger partial charge in [-0.25, -0.2) is 43.9 Å². The topological polar surface area (TPSA) is 66.0 Å². The Morgan fingerprint density at radius 2 is 0.661 bits per heavy atom. The van der Waals surface area contributed by atoms with E-state index in [1.807, 2.05) is 0 Å². The molecule has 0 aliphatic rings. The van der Waals surface area contributed by atoms with Crippen LogP contribution in [-0.4, -0.2) is 12.7 Å². The molecule has 0 N–H and O–H groups in total. The highest BCUT2D eigenvalue weighted by Crippen LogP contribution is 2.33. The zero-order valence-electron chi connectivity index (χ0n) is 26.5. The summed E-state index contributed by atoms with van der Waals surface area (Å²) in [5.41, 5.74) is -9.11. The summed E-state index contributed by atoms with van der Waals surface area (Å²) in [7, 11) is 0. The molecular weight excluding hydrogens is 796 g/mol. The van der Waals surface area contributed by atoms with Crippen LogP contribution in [0.25, 0.3) is 33.4 Å². The standard InChI is InChI=1S/C36H10F16N2O2/c37-25-23(26(38)30(42)33(45)29(25)41)21(11-53)19-10-18(14-3-7-16(8-4-14)56-36(50,51)52)20(9-17(19)13-1-5-15(6-2-13)55-35(47,48)49)22(12-54)24-27(39)31(43)34(46)32(44)28(24)40/h1-10H/b21-19+,22-20+. The van der Waals surface area contributed by atoms with Crippen molar-refractivity contribution in [3.8, 4) is 45.9 Å². The van der Waals surface area contributed by atoms with Crippen molar-refractivity contribution in [3.05, 3.63) is 140 Å². The number of rotatable bonds is 6. The zero-order chi connectivity index (χ0) is 41.6. The lowest BCUT2D eigenvalue weighted by atomic mass is 9.89. The van der Waals surface area contributed by atoms with Crippen LogP contribution in [0.2, 0.25) is 0 Å². The maximum atomic E-state index is 15.2. The van der Waals surface area contributed by atoms with Crippen LogP contribution < -0.4 is 19.9 Å². The number of nitriles is 2. The van der Waals surface area contributed by atoms with E-state index < -0.39 is 137 Å². The van der Waals surface area contributed by atoms with E-state index in [9.17, 15) is 63.2 Å². The van der Waals surface area contributed by atoms with E-state index in [4.69, 9.17) is 0 Å². The van der Waals surface area contributed by atoms with Crippen molar-refractivity contribution in [1.82, 2.24) is 0 Å². The summed E-state index contributed by atoms with van der Waals surface area (Å²) in [6.45, 7) is 0. The van der Waals surface area contributed by atoms with Crippen molar-refractivity contribution < 1.29 is 79.7 Å². The van der Waals surface area contributed by atoms with Crippen LogP contribution in [0.3, 0.4) is 0 Å². The Kier molecular flexibility index (Phi) is 10.7. The first-order chi connectivity index (χ1) is 26.1. The molecule has 0 heterocycles. The quantitative estimate of drug-likeness (QED) is 0.0975. The van der Waals surface area contributed by atoms with Crippen LogP contribution in [0.15, 0.2) is 60.7 Å². The Labute approximate surface area is 300 Å². The molecule has 0 unspecified atom stereocenters. The summed E-state index contributed by atoms with van der Waals surface area (Å²) in [5.74, 6) is -27.8. The fraction of sp³-hybridized carbons (Fsp3) is 0.0556. The predicted octanol–water partition coefficient (Wildman–Crippen LogP) is 9.65. The molecule has 20 heteroatoms. The molecule has 5 rings (SSSR count). The van der Waals surface area contributed by atoms with Crippen molar-refractivity contribution in [2.75, 3.05) is 0 Å². The molecule has 0 bridgehead atoms. The Balaban J connectivity index is 2.08. The van der Waals surface area contributed by atoms with Gasteiger partial charge in [-0.15, -0.1) is 26.3 Å². The minimum atomic E-state index is -5.26. The molecule has 0 amide bonds. The van der Waals surface area contributed by atoms with Gasteiger partial charge in [-0.3, -0.25) is 0 Å². The molecule has 0 aromatic heterocycles. The molecule has 0 fully saturated rings. The molecule has 0 aliphatic heterocycles. The zero-order valence-corrected chi connectivity index (χ0v) is 26.5. The van der Waals surface area contributed by atoms with E-state index in [0.717, 1.165) is 24.3 Å². The first kappa shape index (κ1) is 40.5. The molecule has 0 radical (unpaired) electrons. The SMILES string of the molecule is N#C/C(c1c(F)c(F)c(F)c(F)c1F)=c1/cc(-c2ccc(OC(F)(F)F)cc2)/c(=C(\C#N)c2c(F)c(F)c(F)c(F)c2F)cc1-c1ccc(OC(F)(F)F)cc1. The second kappa shape index (κ2) is 14.9. The summed E-state index contributed by atoms with van der Waals surface area (Å²) in [4.78, 5) is 0. The fourth-order valence-corrected chi connectivity index (χ4v) is 5.31. The van der Waals surface area contributed by atoms with Crippen molar-refractivity contribution in [2.45, 2.75) is 12.7 Å². The molecule has 56 heavy (non-hydrogen) atoms. The van der Waals surface area contributed by atoms with Crippen molar-refractivity contribution in [3.63, 3.8) is 0 Å². The largest absolute Gasteiger partial charge is 0.573 e. The van der Waals surface area contributed by atoms with Crippen LogP contribution in [0, 0.1) is 80.8 Å². The number of alkyl halides is 6. The molecular formula is C36H10F16N2O2. The second-order valence-corrected chi connectivity index (χ2v) is 11.0. The van der Waals surface area contributed by atoms with Gasteiger partial charge in [0.1, 0.15) is 23.6 Å². The number of halogens is 16. The van der Waals surface area contributed by atoms with E-state index in [-0.39, 0.29) is 0 Å². The summed E-state index contributed by atoms with van der Waals surface area (Å²) in [5, 5.41) is 18.4. The summed E-state index contributed by atoms with van der Waals surface area (Å²) in [6.07, 6.45) is -10.5. The molecule has 4 nitrogen and oxygen atoms in total. The third kappa shape index (κ3) is 7.63. The van der Waals surface area contributed by atoms with Gasteiger partial charge in [-0.05, 0) is 58.7 Å². The summed E-state index contributed by atoms with van der Waals surface area (Å²) < 4.78 is 231. The van der Waals surface area contributed by atoms with Crippen molar-refractivity contribution in [2.24, 2.45) is 0 Å². The Morgan fingerprint density at radius 1 is 0.411 bits per heavy atom. The smallest absolute Gasteiger partial charge is 0.406 e. The van der Waals surface area contributed by atoms with Gasteiger partial charge in [-0.2, -0.15) is 10.5 Å². The third-order valence-electron chi connectivity index (χ3n) is 7.64. The van der Waals surface area contributed by atoms with Crippen molar-refractivity contribution in [1.29, 1.82) is 10.5 Å². The van der Waals surface area contributed by atoms with Crippen LogP contribution in [0.4, 0.5) is 70.2 Å². The molecule has 0 spiro atoms. The number of nitrogens with zero attached hydrogens (tertiary/aromatic N) is 2. The molecule has 288 valence electrons. The maximum Gasteiger partial charge on any atom is 0.573 e. The van der Waals surface area contributed by atoms with Gasteiger partial charge in [0.2, 0.25) is 11.6 Å². The van der Waals surface area contributed by atoms with Gasteiger partial charge in [-0.1, -0.05) is 24.3 Å². The van der Waals surface area contributed by atoms with E-state index in [0.29, 0.717) is 36.4 Å². The molecule has 0 aliphatic carbocycles. The molecule has 0 atom stereocenters. The average Bonchev–Trinajstić information content (AvgIpc) is 3.14. The summed E-state index contributed by atoms with van der Waals surface area (Å²) >= 11 is 0. The van der Waals surface area contributed by atoms with Crippen LogP contribution in [-0.2, 0) is 0 Å². The van der Waals surface area contributed by atoms with Crippen LogP contribution in [0.1, 0.15) is 11.1 Å². The van der Waals surface area contributed by atoms with Crippen molar-refractivity contribution >= 4 is 11.1 Å². The highest BCUT2D eigenvalue weighted by atomic mass is 19.4. The lowest BCUT2D eigenvalue weighted by Gasteiger charge is -2.15. The summed E-state index contributed by atoms with van der Waals surface area (Å²) in [6, 6.07) is 8.92. The lowest BCUT2D eigenvalue weighted by molar-refractivity contribution is -0.275. The van der Waals surface area contributed by atoms with Gasteiger partial charge in [0.25, 0.3) is 0 Å². The number of benzene rings is 5. The molecule has 5 aromatic rings. The first-order valence-corrected chi connectivity index (χ1v) is 14.6. The van der Waals surface area contributed by atoms with Gasteiger partial charge < -0.3 is 9.47 Å². The number of hydrogen-bond donors (Lipinski definition) is 0. The Bertz CT molecular complexity index is 2380. The van der Waals surface area contributed by atoms with Gasteiger partial charge in [0.15, 0.2) is 46.5 Å². The van der Waals surface area contributed by atoms with Gasteiger partial charge in [0, 0.05) is 10.4 Å². The lowest BCUT2D eigenvalue weighted by Crippen LogP contribution is -2.22. The Morgan fingerprint density at radius 3 is 0.893 bits per heavy atom. The maximum absolute atomic E-state index is 15.2. The third-order valence-corrected chi connectivity index (χ3v) is 7.64. The number of hydrogen-bond acceptors (Lipinski definition) is 4. The predicted molar refractivity (Wildman–Crippen MR) is 159 cm³/mol. The minimum absolute atomic E-state index is 0.470. The molecule has 0 saturated carbocycles. The first-order valence-electron chi connectivity index (χ1n) is 14.6. The van der Waals surface area contributed by atoms with Crippen LogP contribution in [0.5, 0.6) is 11.5 Å². The van der Waals surface area contributed by atoms with Gasteiger partial charge >= 0.3 is 12.7 Å². The Hall–Kier alpha value is -6.70. The fourth-order valence-electron chi connectivity index (χ4n) is 5.31. The highest BCUT2D eigenvalue weighted by Gasteiger charge is 2.33. The second-order valence-electron chi connectivity index (χ2n) is 11.0. The van der Waals surface area contributed by atoms with Gasteiger partial charge in [0.05, 0.1) is 22.3 Å². The average molecular weight is 806 g/mol. The van der Waals surface area contributed by atoms with E-state index in [2.05, 4.69) is 9.47 Å². The van der Waals surface area contributed by atoms with E-state index in [1.54, 1.807) is 0 Å². The highest BCUT2D eigenvalue weighted by molar-refractivity contribution is 5.87. The van der Waals surface area contributed by atoms with E-state index >= 15 is 17.6 Å². The number of ether oxygens (including phenoxy) is 2. The normalized spacial score (nSPS) is 12.8. The minimum Gasteiger partial charge on any atom is -0.406 e. The van der Waals surface area contributed by atoms with E-state index in [1.165, 1.54) is 12.1 Å². The molecule has 0 saturated heterocycles.